The minimum absolute atomic E-state index is 0.247. The van der Waals surface area contributed by atoms with E-state index in [4.69, 9.17) is 0 Å². The van der Waals surface area contributed by atoms with Crippen LogP contribution in [0.1, 0.15) is 25.7 Å². The van der Waals surface area contributed by atoms with E-state index in [0.29, 0.717) is 12.1 Å². The molecule has 1 aromatic rings. The molecule has 0 radical (unpaired) electrons. The van der Waals surface area contributed by atoms with Crippen molar-refractivity contribution in [2.45, 2.75) is 31.7 Å². The van der Waals surface area contributed by atoms with E-state index in [1.54, 1.807) is 30.3 Å². The summed E-state index contributed by atoms with van der Waals surface area (Å²) in [5, 5.41) is 9.17. The Labute approximate surface area is 131 Å². The van der Waals surface area contributed by atoms with Crippen LogP contribution in [0.4, 0.5) is 11.4 Å². The van der Waals surface area contributed by atoms with E-state index >= 15 is 0 Å². The molecule has 0 fully saturated rings. The molecule has 0 saturated heterocycles. The fourth-order valence-corrected chi connectivity index (χ4v) is 4.10. The van der Waals surface area contributed by atoms with Gasteiger partial charge in [-0.15, -0.1) is 6.58 Å². The van der Waals surface area contributed by atoms with E-state index in [-0.39, 0.29) is 11.7 Å². The van der Waals surface area contributed by atoms with Gasteiger partial charge in [0, 0.05) is 6.07 Å². The first-order chi connectivity index (χ1) is 10.5. The molecule has 5 nitrogen and oxygen atoms in total. The topological polar surface area (TPSA) is 65.5 Å². The summed E-state index contributed by atoms with van der Waals surface area (Å²) >= 11 is 0. The van der Waals surface area contributed by atoms with Gasteiger partial charge in [-0.25, -0.2) is 8.42 Å². The highest BCUT2D eigenvalue weighted by molar-refractivity contribution is 7.92. The summed E-state index contributed by atoms with van der Waals surface area (Å²) in [4.78, 5) is 3.23. The van der Waals surface area contributed by atoms with Crippen molar-refractivity contribution in [1.29, 1.82) is 5.39 Å². The normalized spacial score (nSPS) is 18.2. The third kappa shape index (κ3) is 3.37. The zero-order valence-electron chi connectivity index (χ0n) is 12.6. The molecule has 1 atom stereocenters. The van der Waals surface area contributed by atoms with Gasteiger partial charge in [-0.3, -0.25) is 4.31 Å². The highest BCUT2D eigenvalue weighted by atomic mass is 32.2. The van der Waals surface area contributed by atoms with Gasteiger partial charge in [0.1, 0.15) is 5.69 Å². The van der Waals surface area contributed by atoms with E-state index in [9.17, 15) is 13.8 Å². The second-order valence-corrected chi connectivity index (χ2v) is 7.23. The number of diazo groups is 1. The molecule has 116 valence electrons. The van der Waals surface area contributed by atoms with Crippen molar-refractivity contribution in [1.82, 2.24) is 0 Å². The minimum Gasteiger partial charge on any atom is -0.255 e. The number of sulfonamides is 1. The number of rotatable bonds is 5. The molecular formula is C16H20N3O2S+. The predicted molar refractivity (Wildman–Crippen MR) is 89.0 cm³/mol. The van der Waals surface area contributed by atoms with Gasteiger partial charge in [0.15, 0.2) is 4.98 Å². The largest absolute Gasteiger partial charge is 0.409 e. The Morgan fingerprint density at radius 1 is 1.45 bits per heavy atom. The zero-order valence-corrected chi connectivity index (χ0v) is 13.5. The summed E-state index contributed by atoms with van der Waals surface area (Å²) in [6.07, 6.45) is 8.32. The van der Waals surface area contributed by atoms with Crippen LogP contribution < -0.4 is 4.31 Å². The summed E-state index contributed by atoms with van der Waals surface area (Å²) < 4.78 is 26.2. The van der Waals surface area contributed by atoms with Crippen molar-refractivity contribution in [2.75, 3.05) is 10.6 Å². The number of anilines is 1. The minimum atomic E-state index is -3.51. The lowest BCUT2D eigenvalue weighted by Crippen LogP contribution is -2.42. The molecule has 0 N–H and O–H groups in total. The number of nitrogens with zero attached hydrogens (tertiary/aromatic N) is 3. The van der Waals surface area contributed by atoms with E-state index in [1.165, 1.54) is 10.6 Å². The molecule has 1 aliphatic carbocycles. The second kappa shape index (κ2) is 6.75. The highest BCUT2D eigenvalue weighted by Crippen LogP contribution is 2.37. The van der Waals surface area contributed by atoms with E-state index in [2.05, 4.69) is 17.6 Å². The van der Waals surface area contributed by atoms with Crippen LogP contribution in [0.25, 0.3) is 4.98 Å². The van der Waals surface area contributed by atoms with Crippen LogP contribution in [0.5, 0.6) is 0 Å². The second-order valence-electron chi connectivity index (χ2n) is 5.37. The van der Waals surface area contributed by atoms with Crippen molar-refractivity contribution < 1.29 is 8.42 Å². The zero-order chi connectivity index (χ0) is 16.2. The summed E-state index contributed by atoms with van der Waals surface area (Å²) in [5.41, 5.74) is 1.69. The number of hydrogen-bond acceptors (Lipinski definition) is 3. The van der Waals surface area contributed by atoms with Crippen LogP contribution in [0, 0.1) is 5.39 Å². The van der Waals surface area contributed by atoms with E-state index in [0.717, 1.165) is 24.8 Å². The van der Waals surface area contributed by atoms with Crippen LogP contribution in [-0.4, -0.2) is 20.7 Å². The third-order valence-electron chi connectivity index (χ3n) is 3.76. The average Bonchev–Trinajstić information content (AvgIpc) is 2.49. The molecule has 6 heteroatoms. The number of para-hydroxylation sites is 1. The maximum absolute atomic E-state index is 12.4. The van der Waals surface area contributed by atoms with E-state index < -0.39 is 10.0 Å². The molecule has 0 aliphatic heterocycles. The molecule has 0 bridgehead atoms. The Morgan fingerprint density at radius 2 is 2.18 bits per heavy atom. The Morgan fingerprint density at radius 3 is 2.82 bits per heavy atom. The standard InChI is InChI=1S/C16H20N3O2S/c1-3-8-13-9-4-6-11-15(13)19(22(2,20)21)16-12-7-5-10-14(16)18-17/h3,5,7,9-10,12,15H,1,4,6,8,11H2,2H3/q+1/t15-/m0/s1. The van der Waals surface area contributed by atoms with Crippen molar-refractivity contribution in [2.24, 2.45) is 0 Å². The molecule has 2 rings (SSSR count). The molecule has 0 amide bonds. The lowest BCUT2D eigenvalue weighted by molar-refractivity contribution is 0.563. The quantitative estimate of drug-likeness (QED) is 0.609. The average molecular weight is 318 g/mol. The Hall–Kier alpha value is -2.13. The van der Waals surface area contributed by atoms with Crippen LogP contribution in [0.15, 0.2) is 48.6 Å². The van der Waals surface area contributed by atoms with Gasteiger partial charge < -0.3 is 0 Å². The van der Waals surface area contributed by atoms with E-state index in [1.807, 2.05) is 0 Å². The molecular weight excluding hydrogens is 298 g/mol. The first-order valence-corrected chi connectivity index (χ1v) is 9.07. The first kappa shape index (κ1) is 16.2. The van der Waals surface area contributed by atoms with Gasteiger partial charge in [0.2, 0.25) is 15.4 Å². The van der Waals surface area contributed by atoms with Crippen LogP contribution >= 0.6 is 0 Å². The maximum atomic E-state index is 12.4. The van der Waals surface area contributed by atoms with Crippen LogP contribution in [-0.2, 0) is 10.0 Å². The number of allylic oxidation sites excluding steroid dienone is 2. The maximum Gasteiger partial charge on any atom is 0.409 e. The molecule has 22 heavy (non-hydrogen) atoms. The summed E-state index contributed by atoms with van der Waals surface area (Å²) in [7, 11) is -3.51. The van der Waals surface area contributed by atoms with Crippen molar-refractivity contribution >= 4 is 21.4 Å². The SMILES string of the molecule is C=CCC1=CCCC[C@@H]1N(c1ccccc1[N+]#N)S(C)(=O)=O. The fraction of sp³-hybridized carbons (Fsp3) is 0.375. The lowest BCUT2D eigenvalue weighted by Gasteiger charge is -2.34. The van der Waals surface area contributed by atoms with Gasteiger partial charge in [0.05, 0.1) is 12.3 Å². The monoisotopic (exact) mass is 318 g/mol. The molecule has 0 unspecified atom stereocenters. The van der Waals surface area contributed by atoms with Crippen molar-refractivity contribution in [3.05, 3.63) is 53.5 Å². The van der Waals surface area contributed by atoms with Crippen LogP contribution in [0.3, 0.4) is 0 Å². The Balaban J connectivity index is 2.57. The van der Waals surface area contributed by atoms with Crippen molar-refractivity contribution in [3.8, 4) is 0 Å². The van der Waals surface area contributed by atoms with Gasteiger partial charge >= 0.3 is 5.69 Å². The Kier molecular flexibility index (Phi) is 4.99. The predicted octanol–water partition coefficient (Wildman–Crippen LogP) is 3.99. The van der Waals surface area contributed by atoms with Gasteiger partial charge in [0.25, 0.3) is 0 Å². The highest BCUT2D eigenvalue weighted by Gasteiger charge is 2.34. The first-order valence-electron chi connectivity index (χ1n) is 7.22. The Bertz CT molecular complexity index is 732. The third-order valence-corrected chi connectivity index (χ3v) is 4.93. The molecule has 0 heterocycles. The van der Waals surface area contributed by atoms with Gasteiger partial charge in [-0.2, -0.15) is 0 Å². The molecule has 1 aliphatic rings. The smallest absolute Gasteiger partial charge is 0.255 e. The van der Waals surface area contributed by atoms with Gasteiger partial charge in [-0.1, -0.05) is 24.3 Å². The number of hydrogen-bond donors (Lipinski definition) is 0. The van der Waals surface area contributed by atoms with Gasteiger partial charge in [-0.05, 0) is 37.3 Å². The molecule has 1 aromatic carbocycles. The van der Waals surface area contributed by atoms with Crippen LogP contribution in [0.2, 0.25) is 0 Å². The molecule has 0 saturated carbocycles. The number of benzene rings is 1. The molecule has 0 aromatic heterocycles. The molecule has 0 spiro atoms. The lowest BCUT2D eigenvalue weighted by atomic mass is 9.91. The van der Waals surface area contributed by atoms with Crippen molar-refractivity contribution in [3.63, 3.8) is 0 Å². The summed E-state index contributed by atoms with van der Waals surface area (Å²) in [5.74, 6) is 0. The fourth-order valence-electron chi connectivity index (χ4n) is 2.89. The summed E-state index contributed by atoms with van der Waals surface area (Å²) in [6.45, 7) is 3.75. The summed E-state index contributed by atoms with van der Waals surface area (Å²) in [6, 6.07) is 6.44.